The summed E-state index contributed by atoms with van der Waals surface area (Å²) in [5.74, 6) is 0.0764. The third-order valence-electron chi connectivity index (χ3n) is 16.0. The van der Waals surface area contributed by atoms with Crippen LogP contribution >= 0.6 is 11.8 Å². The first-order chi connectivity index (χ1) is 38.3. The maximum absolute atomic E-state index is 15.7. The molecule has 2 aliphatic carbocycles. The largest absolute Gasteiger partial charge is 0.493 e. The van der Waals surface area contributed by atoms with Crippen LogP contribution in [-0.4, -0.2) is 75.7 Å². The van der Waals surface area contributed by atoms with Gasteiger partial charge < -0.3 is 34.2 Å². The van der Waals surface area contributed by atoms with Crippen molar-refractivity contribution in [3.05, 3.63) is 166 Å². The van der Waals surface area contributed by atoms with Gasteiger partial charge in [-0.2, -0.15) is 0 Å². The lowest BCUT2D eigenvalue weighted by molar-refractivity contribution is -0.384. The van der Waals surface area contributed by atoms with Crippen LogP contribution in [0, 0.1) is 27.9 Å². The fourth-order valence-electron chi connectivity index (χ4n) is 12.2. The topological polar surface area (TPSA) is 153 Å². The number of carbonyl (C=O) groups is 1. The summed E-state index contributed by atoms with van der Waals surface area (Å²) in [6, 6.07) is 36.6. The molecular weight excluding hydrogens is 999 g/mol. The number of nitro benzene ring substituents is 1. The summed E-state index contributed by atoms with van der Waals surface area (Å²) in [4.78, 5) is 36.4. The summed E-state index contributed by atoms with van der Waals surface area (Å²) in [6.45, 7) is 7.56. The Morgan fingerprint density at radius 1 is 0.859 bits per heavy atom. The Bertz CT molecular complexity index is 2760. The smallest absolute Gasteiger partial charge is 0.269 e. The average Bonchev–Trinajstić information content (AvgIpc) is 2.69. The lowest BCUT2D eigenvalue weighted by Crippen LogP contribution is -2.70. The molecule has 1 saturated carbocycles. The number of nitrogens with zero attached hydrogens (tertiary/aromatic N) is 3. The molecule has 0 saturated heterocycles. The molecule has 1 amide bonds. The highest BCUT2D eigenvalue weighted by atomic mass is 32.2. The zero-order valence-corrected chi connectivity index (χ0v) is 46.5. The number of fused-ring (bicyclic) bond motifs is 3. The van der Waals surface area contributed by atoms with Crippen LogP contribution in [0.5, 0.6) is 11.5 Å². The lowest BCUT2D eigenvalue weighted by atomic mass is 9.55. The van der Waals surface area contributed by atoms with Crippen LogP contribution in [-0.2, 0) is 27.5 Å². The van der Waals surface area contributed by atoms with Gasteiger partial charge in [0.15, 0.2) is 0 Å². The van der Waals surface area contributed by atoms with Crippen LogP contribution in [0.4, 0.5) is 5.69 Å². The van der Waals surface area contributed by atoms with E-state index in [1.165, 1.54) is 49.1 Å². The van der Waals surface area contributed by atoms with Gasteiger partial charge >= 0.3 is 0 Å². The van der Waals surface area contributed by atoms with Crippen molar-refractivity contribution in [3.63, 3.8) is 0 Å². The molecule has 12 nitrogen and oxygen atoms in total. The normalized spacial score (nSPS) is 20.8. The first-order valence-corrected chi connectivity index (χ1v) is 29.8. The Morgan fingerprint density at radius 3 is 2.32 bits per heavy atom. The highest BCUT2D eigenvalue weighted by molar-refractivity contribution is 7.99. The molecule has 3 aliphatic rings. The Kier molecular flexibility index (Phi) is 22.2. The number of rotatable bonds is 33. The van der Waals surface area contributed by atoms with E-state index < -0.39 is 22.7 Å². The number of nitro groups is 1. The van der Waals surface area contributed by atoms with Crippen LogP contribution in [0.25, 0.3) is 10.8 Å². The van der Waals surface area contributed by atoms with Crippen molar-refractivity contribution < 1.29 is 39.0 Å². The Balaban J connectivity index is 1.26. The molecule has 0 spiro atoms. The van der Waals surface area contributed by atoms with Crippen molar-refractivity contribution in [2.24, 2.45) is 22.9 Å². The van der Waals surface area contributed by atoms with Gasteiger partial charge in [-0.05, 0) is 114 Å². The molecule has 416 valence electrons. The number of allylic oxidation sites excluding steroid dienone is 1. The number of unbranched alkanes of at least 4 members (excludes halogenated alkanes) is 10. The maximum atomic E-state index is 15.7. The molecule has 0 radical (unpaired) electrons. The number of thioether (sulfide) groups is 1. The van der Waals surface area contributed by atoms with Crippen molar-refractivity contribution in [2.45, 2.75) is 152 Å². The predicted molar refractivity (Wildman–Crippen MR) is 312 cm³/mol. The van der Waals surface area contributed by atoms with E-state index in [0.717, 1.165) is 95.9 Å². The van der Waals surface area contributed by atoms with E-state index in [-0.39, 0.29) is 62.2 Å². The predicted octanol–water partition coefficient (Wildman–Crippen LogP) is 14.7. The molecule has 0 unspecified atom stereocenters. The van der Waals surface area contributed by atoms with E-state index in [2.05, 4.69) is 68.1 Å². The number of carbonyl (C=O) groups excluding carboxylic acids is 1. The van der Waals surface area contributed by atoms with Gasteiger partial charge in [-0.1, -0.05) is 149 Å². The van der Waals surface area contributed by atoms with Crippen LogP contribution in [0.1, 0.15) is 139 Å². The molecular formula is C65H81N3O9S. The molecule has 1 aliphatic heterocycles. The van der Waals surface area contributed by atoms with Gasteiger partial charge in [0.2, 0.25) is 11.7 Å². The van der Waals surface area contributed by atoms with Crippen LogP contribution < -0.4 is 9.47 Å². The minimum absolute atomic E-state index is 0.00851. The number of benzene rings is 5. The summed E-state index contributed by atoms with van der Waals surface area (Å²) < 4.78 is 21.6. The molecule has 0 bridgehead atoms. The molecule has 8 rings (SSSR count). The minimum atomic E-state index is -1.44. The van der Waals surface area contributed by atoms with E-state index in [1.807, 2.05) is 47.4 Å². The molecule has 13 heteroatoms. The van der Waals surface area contributed by atoms with Crippen molar-refractivity contribution >= 4 is 39.8 Å². The van der Waals surface area contributed by atoms with Crippen LogP contribution in [0.15, 0.2) is 150 Å². The second-order valence-corrected chi connectivity index (χ2v) is 22.4. The number of aliphatic hydroxyl groups is 2. The quantitative estimate of drug-likeness (QED) is 0.0136. The molecule has 0 aromatic heterocycles. The van der Waals surface area contributed by atoms with Crippen molar-refractivity contribution in [3.8, 4) is 11.5 Å². The molecule has 1 fully saturated rings. The number of hydrogen-bond acceptors (Lipinski definition) is 11. The average molecular weight is 1080 g/mol. The molecule has 1 heterocycles. The van der Waals surface area contributed by atoms with Gasteiger partial charge in [0.1, 0.15) is 24.1 Å². The van der Waals surface area contributed by atoms with Crippen LogP contribution in [0.2, 0.25) is 0 Å². The Hall–Kier alpha value is -5.99. The highest BCUT2D eigenvalue weighted by Gasteiger charge is 2.65. The van der Waals surface area contributed by atoms with Crippen molar-refractivity contribution in [1.82, 2.24) is 4.90 Å². The van der Waals surface area contributed by atoms with Gasteiger partial charge in [-0.3, -0.25) is 14.9 Å². The minimum Gasteiger partial charge on any atom is -0.493 e. The number of ether oxygens (including phenoxy) is 3. The van der Waals surface area contributed by atoms with Crippen LogP contribution in [0.3, 0.4) is 0 Å². The third kappa shape index (κ3) is 14.8. The zero-order valence-electron chi connectivity index (χ0n) is 45.7. The standard InChI is InChI=1S/C65H81N3O9S/c1-3-5-6-7-8-9-10-11-15-31-62(71)67(46-51-26-22-25-49-23-16-17-29-55(49)51)61-45-59(66-76-47-48-32-34-52(35-33-48)68(72)73)57-43-50(24-18-20-38-69)56(30-19-21-39-70)63-58-44-53(74-41-42-78-54-27-13-12-14-28-54)36-37-60(58)77-65(61,64(57)63)75-40-4-2/h4,12-14,16-17,22-23,25-29,32-37,43-44,50,56,61,63-64,69-70H,2-3,5-11,15,18-21,24,30-31,38-42,45-47H2,1H3/t50-,56+,61-,63+,64+,65+/m0/s1. The van der Waals surface area contributed by atoms with E-state index in [0.29, 0.717) is 43.9 Å². The first-order valence-electron chi connectivity index (χ1n) is 28.8. The molecule has 6 atom stereocenters. The third-order valence-corrected chi connectivity index (χ3v) is 16.9. The summed E-state index contributed by atoms with van der Waals surface area (Å²) in [5.41, 5.74) is 4.34. The van der Waals surface area contributed by atoms with Gasteiger partial charge in [-0.15, -0.1) is 18.3 Å². The van der Waals surface area contributed by atoms with Crippen molar-refractivity contribution in [2.75, 3.05) is 32.2 Å². The van der Waals surface area contributed by atoms with E-state index >= 15 is 4.79 Å². The molecule has 78 heavy (non-hydrogen) atoms. The van der Waals surface area contributed by atoms with Gasteiger partial charge in [-0.25, -0.2) is 0 Å². The summed E-state index contributed by atoms with van der Waals surface area (Å²) in [7, 11) is 0. The van der Waals surface area contributed by atoms with E-state index in [1.54, 1.807) is 30.0 Å². The first kappa shape index (κ1) is 58.2. The fourth-order valence-corrected chi connectivity index (χ4v) is 12.9. The summed E-state index contributed by atoms with van der Waals surface area (Å²) in [5, 5.41) is 39.1. The molecule has 5 aromatic rings. The SMILES string of the molecule is C=CCO[C@@]12Oc3ccc(OCCSc4ccccc4)cc3[C@H]3[C@H](CCCCO)[C@@H](CCCCO)C=C(C(=NOCc4ccc([N+](=O)[O-])cc4)C[C@@H]1N(Cc1cccc4ccccc14)C(=O)CCCCCCCCCCC)[C@H]32. The monoisotopic (exact) mass is 1080 g/mol. The zero-order chi connectivity index (χ0) is 54.5. The lowest BCUT2D eigenvalue weighted by Gasteiger charge is -2.60. The number of non-ortho nitro benzene ring substituents is 1. The Labute approximate surface area is 466 Å². The number of aliphatic hydroxyl groups excluding tert-OH is 2. The maximum Gasteiger partial charge on any atom is 0.269 e. The highest BCUT2D eigenvalue weighted by Crippen LogP contribution is 2.62. The summed E-state index contributed by atoms with van der Waals surface area (Å²) >= 11 is 1.75. The number of hydrogen-bond donors (Lipinski definition) is 2. The second kappa shape index (κ2) is 29.8. The molecule has 5 aromatic carbocycles. The molecule has 2 N–H and O–H groups in total. The second-order valence-electron chi connectivity index (χ2n) is 21.2. The Morgan fingerprint density at radius 2 is 1.58 bits per heavy atom. The van der Waals surface area contributed by atoms with Crippen molar-refractivity contribution in [1.29, 1.82) is 0 Å². The van der Waals surface area contributed by atoms with E-state index in [9.17, 15) is 20.3 Å². The number of amides is 1. The van der Waals surface area contributed by atoms with Gasteiger partial charge in [0.05, 0.1) is 29.8 Å². The van der Waals surface area contributed by atoms with Gasteiger partial charge in [0, 0.05) is 66.9 Å². The van der Waals surface area contributed by atoms with E-state index in [4.69, 9.17) is 24.2 Å². The van der Waals surface area contributed by atoms with Gasteiger partial charge in [0.25, 0.3) is 5.69 Å². The fraction of sp³-hybridized carbons (Fsp3) is 0.477. The number of oxime groups is 1. The summed E-state index contributed by atoms with van der Waals surface area (Å²) in [6.07, 6.45) is 19.4.